The molecule has 7 heteroatoms. The number of aromatic nitrogens is 4. The molecule has 2 rings (SSSR count). The number of nitrogens with zero attached hydrogens (tertiary/aromatic N) is 3. The van der Waals surface area contributed by atoms with Gasteiger partial charge in [0.15, 0.2) is 5.82 Å². The second-order valence-corrected chi connectivity index (χ2v) is 3.75. The third kappa shape index (κ3) is 2.88. The maximum absolute atomic E-state index is 5.93. The van der Waals surface area contributed by atoms with E-state index in [4.69, 9.17) is 10.5 Å². The SMILES string of the molecule is CCCOc1ncnc(NCc2cn[nH]c2)c1N. The van der Waals surface area contributed by atoms with Crippen LogP contribution in [0.5, 0.6) is 5.88 Å². The molecule has 0 aliphatic heterocycles. The Bertz CT molecular complexity index is 484. The van der Waals surface area contributed by atoms with Crippen LogP contribution in [0.2, 0.25) is 0 Å². The summed E-state index contributed by atoms with van der Waals surface area (Å²) in [5.74, 6) is 0.985. The molecule has 96 valence electrons. The molecule has 0 saturated carbocycles. The fourth-order valence-corrected chi connectivity index (χ4v) is 1.39. The summed E-state index contributed by atoms with van der Waals surface area (Å²) in [6.45, 7) is 3.20. The Morgan fingerprint density at radius 2 is 2.33 bits per heavy atom. The van der Waals surface area contributed by atoms with Crippen LogP contribution in [0.15, 0.2) is 18.7 Å². The third-order valence-corrected chi connectivity index (χ3v) is 2.31. The summed E-state index contributed by atoms with van der Waals surface area (Å²) in [5, 5.41) is 9.72. The molecule has 2 aromatic heterocycles. The van der Waals surface area contributed by atoms with Crippen LogP contribution in [-0.4, -0.2) is 26.8 Å². The topological polar surface area (TPSA) is 102 Å². The highest BCUT2D eigenvalue weighted by atomic mass is 16.5. The van der Waals surface area contributed by atoms with E-state index in [9.17, 15) is 0 Å². The number of hydrogen-bond donors (Lipinski definition) is 3. The zero-order valence-corrected chi connectivity index (χ0v) is 10.2. The summed E-state index contributed by atoms with van der Waals surface area (Å²) < 4.78 is 5.43. The van der Waals surface area contributed by atoms with E-state index in [-0.39, 0.29) is 0 Å². The quantitative estimate of drug-likeness (QED) is 0.709. The van der Waals surface area contributed by atoms with E-state index in [0.29, 0.717) is 30.5 Å². The minimum atomic E-state index is 0.418. The van der Waals surface area contributed by atoms with Gasteiger partial charge in [0, 0.05) is 18.3 Å². The van der Waals surface area contributed by atoms with Gasteiger partial charge in [0.25, 0.3) is 0 Å². The molecule has 2 heterocycles. The Hall–Kier alpha value is -2.31. The number of H-pyrrole nitrogens is 1. The molecule has 18 heavy (non-hydrogen) atoms. The molecule has 0 amide bonds. The minimum Gasteiger partial charge on any atom is -0.476 e. The zero-order valence-electron chi connectivity index (χ0n) is 10.2. The number of nitrogen functional groups attached to an aromatic ring is 1. The minimum absolute atomic E-state index is 0.418. The smallest absolute Gasteiger partial charge is 0.242 e. The molecule has 0 aliphatic rings. The van der Waals surface area contributed by atoms with Crippen molar-refractivity contribution in [2.24, 2.45) is 0 Å². The van der Waals surface area contributed by atoms with Gasteiger partial charge in [-0.05, 0) is 6.42 Å². The predicted molar refractivity (Wildman–Crippen MR) is 68.1 cm³/mol. The first-order valence-electron chi connectivity index (χ1n) is 5.76. The molecule has 0 aromatic carbocycles. The Morgan fingerprint density at radius 3 is 3.06 bits per heavy atom. The number of hydrogen-bond acceptors (Lipinski definition) is 6. The van der Waals surface area contributed by atoms with Gasteiger partial charge in [0.1, 0.15) is 12.0 Å². The maximum atomic E-state index is 5.93. The van der Waals surface area contributed by atoms with E-state index < -0.39 is 0 Å². The van der Waals surface area contributed by atoms with Crippen molar-refractivity contribution in [3.05, 3.63) is 24.3 Å². The number of nitrogens with two attached hydrogens (primary N) is 1. The lowest BCUT2D eigenvalue weighted by atomic mass is 10.3. The van der Waals surface area contributed by atoms with Gasteiger partial charge in [-0.1, -0.05) is 6.92 Å². The molecule has 7 nitrogen and oxygen atoms in total. The summed E-state index contributed by atoms with van der Waals surface area (Å²) in [7, 11) is 0. The van der Waals surface area contributed by atoms with Gasteiger partial charge in [-0.3, -0.25) is 5.10 Å². The second kappa shape index (κ2) is 5.85. The molecule has 0 atom stereocenters. The largest absolute Gasteiger partial charge is 0.476 e. The summed E-state index contributed by atoms with van der Waals surface area (Å²) >= 11 is 0. The lowest BCUT2D eigenvalue weighted by Crippen LogP contribution is -2.08. The zero-order chi connectivity index (χ0) is 12.8. The van der Waals surface area contributed by atoms with Crippen LogP contribution >= 0.6 is 0 Å². The summed E-state index contributed by atoms with van der Waals surface area (Å²) in [6, 6.07) is 0. The van der Waals surface area contributed by atoms with E-state index >= 15 is 0 Å². The van der Waals surface area contributed by atoms with Gasteiger partial charge >= 0.3 is 0 Å². The number of ether oxygens (including phenoxy) is 1. The van der Waals surface area contributed by atoms with Crippen LogP contribution in [0.1, 0.15) is 18.9 Å². The van der Waals surface area contributed by atoms with Crippen molar-refractivity contribution in [1.82, 2.24) is 20.2 Å². The molecule has 4 N–H and O–H groups in total. The molecule has 0 fully saturated rings. The molecule has 0 saturated heterocycles. The van der Waals surface area contributed by atoms with Gasteiger partial charge < -0.3 is 15.8 Å². The summed E-state index contributed by atoms with van der Waals surface area (Å²) in [6.07, 6.45) is 5.87. The van der Waals surface area contributed by atoms with Gasteiger partial charge in [-0.15, -0.1) is 0 Å². The van der Waals surface area contributed by atoms with Crippen LogP contribution < -0.4 is 15.8 Å². The lowest BCUT2D eigenvalue weighted by molar-refractivity contribution is 0.306. The fourth-order valence-electron chi connectivity index (χ4n) is 1.39. The van der Waals surface area contributed by atoms with Crippen LogP contribution in [0.4, 0.5) is 11.5 Å². The van der Waals surface area contributed by atoms with E-state index in [1.54, 1.807) is 12.4 Å². The van der Waals surface area contributed by atoms with Gasteiger partial charge in [-0.2, -0.15) is 10.1 Å². The number of aromatic amines is 1. The Balaban J connectivity index is 2.03. The molecule has 0 radical (unpaired) electrons. The highest BCUT2D eigenvalue weighted by molar-refractivity contribution is 5.66. The average molecular weight is 248 g/mol. The summed E-state index contributed by atoms with van der Waals surface area (Å²) in [5.41, 5.74) is 7.37. The first-order chi connectivity index (χ1) is 8.81. The molecular weight excluding hydrogens is 232 g/mol. The van der Waals surface area contributed by atoms with Crippen molar-refractivity contribution in [3.8, 4) is 5.88 Å². The molecule has 2 aromatic rings. The van der Waals surface area contributed by atoms with Crippen LogP contribution in [0.25, 0.3) is 0 Å². The number of anilines is 2. The van der Waals surface area contributed by atoms with Crippen LogP contribution in [0, 0.1) is 0 Å². The third-order valence-electron chi connectivity index (χ3n) is 2.31. The highest BCUT2D eigenvalue weighted by Crippen LogP contribution is 2.24. The van der Waals surface area contributed by atoms with Crippen LogP contribution in [0.3, 0.4) is 0 Å². The van der Waals surface area contributed by atoms with E-state index in [1.807, 2.05) is 6.92 Å². The lowest BCUT2D eigenvalue weighted by Gasteiger charge is -2.10. The van der Waals surface area contributed by atoms with E-state index in [1.165, 1.54) is 6.33 Å². The molecule has 0 aliphatic carbocycles. The van der Waals surface area contributed by atoms with Gasteiger partial charge in [0.2, 0.25) is 5.88 Å². The first-order valence-corrected chi connectivity index (χ1v) is 5.76. The molecule has 0 spiro atoms. The Labute approximate surface area is 105 Å². The predicted octanol–water partition coefficient (Wildman–Crippen LogP) is 1.18. The fraction of sp³-hybridized carbons (Fsp3) is 0.364. The van der Waals surface area contributed by atoms with Crippen molar-refractivity contribution in [2.45, 2.75) is 19.9 Å². The normalized spacial score (nSPS) is 10.3. The Morgan fingerprint density at radius 1 is 1.44 bits per heavy atom. The van der Waals surface area contributed by atoms with Gasteiger partial charge in [0.05, 0.1) is 12.8 Å². The molecule has 0 unspecified atom stereocenters. The van der Waals surface area contributed by atoms with Gasteiger partial charge in [-0.25, -0.2) is 4.98 Å². The monoisotopic (exact) mass is 248 g/mol. The van der Waals surface area contributed by atoms with Crippen LogP contribution in [-0.2, 0) is 6.54 Å². The number of rotatable bonds is 6. The van der Waals surface area contributed by atoms with Crippen molar-refractivity contribution >= 4 is 11.5 Å². The maximum Gasteiger partial charge on any atom is 0.242 e. The average Bonchev–Trinajstić information content (AvgIpc) is 2.89. The second-order valence-electron chi connectivity index (χ2n) is 3.75. The van der Waals surface area contributed by atoms with Crippen molar-refractivity contribution in [3.63, 3.8) is 0 Å². The number of nitrogens with one attached hydrogen (secondary N) is 2. The molecular formula is C11H16N6O. The standard InChI is InChI=1S/C11H16N6O/c1-2-3-18-11-9(12)10(14-7-15-11)13-4-8-5-16-17-6-8/h5-7H,2-4,12H2,1H3,(H,16,17)(H,13,14,15). The highest BCUT2D eigenvalue weighted by Gasteiger charge is 2.08. The first kappa shape index (κ1) is 12.2. The molecule has 0 bridgehead atoms. The van der Waals surface area contributed by atoms with E-state index in [2.05, 4.69) is 25.5 Å². The van der Waals surface area contributed by atoms with E-state index in [0.717, 1.165) is 12.0 Å². The Kier molecular flexibility index (Phi) is 3.95. The van der Waals surface area contributed by atoms with Crippen molar-refractivity contribution in [1.29, 1.82) is 0 Å². The van der Waals surface area contributed by atoms with Crippen molar-refractivity contribution < 1.29 is 4.74 Å². The van der Waals surface area contributed by atoms with Crippen molar-refractivity contribution in [2.75, 3.05) is 17.7 Å². The summed E-state index contributed by atoms with van der Waals surface area (Å²) in [4.78, 5) is 8.09.